The van der Waals surface area contributed by atoms with Crippen molar-refractivity contribution < 1.29 is 18.0 Å². The predicted molar refractivity (Wildman–Crippen MR) is 49.0 cm³/mol. The summed E-state index contributed by atoms with van der Waals surface area (Å²) in [5.41, 5.74) is 0.696. The fourth-order valence-corrected chi connectivity index (χ4v) is 1.62. The molecular weight excluding hydrogens is 208 g/mol. The summed E-state index contributed by atoms with van der Waals surface area (Å²) < 4.78 is 29.2. The minimum atomic E-state index is -3.41. The molecule has 0 unspecified atom stereocenters. The van der Waals surface area contributed by atoms with Gasteiger partial charge in [0.1, 0.15) is 0 Å². The first-order chi connectivity index (χ1) is 6.53. The van der Waals surface area contributed by atoms with E-state index in [1.165, 1.54) is 0 Å². The minimum Gasteiger partial charge on any atom is -0.395 e. The highest BCUT2D eigenvalue weighted by Gasteiger charge is 2.10. The van der Waals surface area contributed by atoms with Gasteiger partial charge in [-0.1, -0.05) is 5.16 Å². The van der Waals surface area contributed by atoms with Crippen molar-refractivity contribution in [3.8, 4) is 0 Å². The van der Waals surface area contributed by atoms with E-state index in [0.717, 1.165) is 0 Å². The molecule has 80 valence electrons. The number of hydrogen-bond donors (Lipinski definition) is 2. The van der Waals surface area contributed by atoms with E-state index in [1.807, 2.05) is 0 Å². The summed E-state index contributed by atoms with van der Waals surface area (Å²) in [7, 11) is -3.41. The molecule has 0 bridgehead atoms. The molecule has 0 spiro atoms. The smallest absolute Gasteiger partial charge is 0.214 e. The molecule has 0 atom stereocenters. The predicted octanol–water partition coefficient (Wildman–Crippen LogP) is -0.605. The van der Waals surface area contributed by atoms with E-state index in [0.29, 0.717) is 11.5 Å². The van der Waals surface area contributed by atoms with Gasteiger partial charge in [0.05, 0.1) is 24.6 Å². The summed E-state index contributed by atoms with van der Waals surface area (Å²) in [6, 6.07) is 1.64. The largest absolute Gasteiger partial charge is 0.395 e. The lowest BCUT2D eigenvalue weighted by Crippen LogP contribution is -2.27. The maximum Gasteiger partial charge on any atom is 0.214 e. The van der Waals surface area contributed by atoms with E-state index in [9.17, 15) is 8.42 Å². The quantitative estimate of drug-likeness (QED) is 0.691. The third-order valence-electron chi connectivity index (χ3n) is 1.50. The Morgan fingerprint density at radius 2 is 2.36 bits per heavy atom. The summed E-state index contributed by atoms with van der Waals surface area (Å²) in [5.74, 6) is 0.143. The number of rotatable bonds is 5. The van der Waals surface area contributed by atoms with E-state index in [4.69, 9.17) is 9.63 Å². The van der Waals surface area contributed by atoms with Crippen molar-refractivity contribution >= 4 is 10.0 Å². The number of aliphatic hydroxyl groups excluding tert-OH is 1. The zero-order chi connectivity index (χ0) is 10.6. The van der Waals surface area contributed by atoms with Crippen LogP contribution in [0.25, 0.3) is 0 Å². The van der Waals surface area contributed by atoms with Crippen LogP contribution >= 0.6 is 0 Å². The standard InChI is InChI=1S/C7H12N2O4S/c1-6-4-7(13-9-6)5-8-14(11,12)3-2-10/h4,8,10H,2-3,5H2,1H3. The molecule has 1 rings (SSSR count). The van der Waals surface area contributed by atoms with Gasteiger partial charge in [-0.3, -0.25) is 0 Å². The van der Waals surface area contributed by atoms with Crippen molar-refractivity contribution in [3.05, 3.63) is 17.5 Å². The molecule has 1 heterocycles. The molecule has 1 aromatic rings. The summed E-state index contributed by atoms with van der Waals surface area (Å²) in [6.07, 6.45) is 0. The lowest BCUT2D eigenvalue weighted by atomic mass is 10.4. The maximum atomic E-state index is 11.1. The first kappa shape index (κ1) is 11.2. The zero-order valence-corrected chi connectivity index (χ0v) is 8.54. The molecule has 1 aromatic heterocycles. The van der Waals surface area contributed by atoms with Crippen LogP contribution in [0.3, 0.4) is 0 Å². The number of aliphatic hydroxyl groups is 1. The lowest BCUT2D eigenvalue weighted by Gasteiger charge is -2.01. The van der Waals surface area contributed by atoms with Crippen LogP contribution in [-0.2, 0) is 16.6 Å². The van der Waals surface area contributed by atoms with Crippen LogP contribution in [0, 0.1) is 6.92 Å². The van der Waals surface area contributed by atoms with Crippen LogP contribution in [0.5, 0.6) is 0 Å². The molecular formula is C7H12N2O4S. The Balaban J connectivity index is 2.48. The molecule has 0 amide bonds. The average molecular weight is 220 g/mol. The first-order valence-electron chi connectivity index (χ1n) is 4.04. The van der Waals surface area contributed by atoms with Crippen molar-refractivity contribution in [2.24, 2.45) is 0 Å². The Morgan fingerprint density at radius 1 is 1.64 bits per heavy atom. The molecule has 14 heavy (non-hydrogen) atoms. The van der Waals surface area contributed by atoms with Gasteiger partial charge >= 0.3 is 0 Å². The van der Waals surface area contributed by atoms with E-state index >= 15 is 0 Å². The molecule has 0 radical (unpaired) electrons. The van der Waals surface area contributed by atoms with Crippen LogP contribution < -0.4 is 4.72 Å². The van der Waals surface area contributed by atoms with Gasteiger partial charge < -0.3 is 9.63 Å². The van der Waals surface area contributed by atoms with Gasteiger partial charge in [-0.2, -0.15) is 0 Å². The Hall–Kier alpha value is -0.920. The second-order valence-corrected chi connectivity index (χ2v) is 4.72. The van der Waals surface area contributed by atoms with Gasteiger partial charge in [0, 0.05) is 6.07 Å². The Morgan fingerprint density at radius 3 is 2.86 bits per heavy atom. The Bertz CT molecular complexity index is 384. The SMILES string of the molecule is Cc1cc(CNS(=O)(=O)CCO)on1. The highest BCUT2D eigenvalue weighted by atomic mass is 32.2. The summed E-state index contributed by atoms with van der Waals surface area (Å²) >= 11 is 0. The van der Waals surface area contributed by atoms with Gasteiger partial charge in [-0.25, -0.2) is 13.1 Å². The van der Waals surface area contributed by atoms with Crippen molar-refractivity contribution in [2.45, 2.75) is 13.5 Å². The number of sulfonamides is 1. The zero-order valence-electron chi connectivity index (χ0n) is 7.73. The highest BCUT2D eigenvalue weighted by Crippen LogP contribution is 2.01. The van der Waals surface area contributed by atoms with E-state index in [2.05, 4.69) is 9.88 Å². The number of nitrogens with one attached hydrogen (secondary N) is 1. The average Bonchev–Trinajstić information content (AvgIpc) is 2.48. The fourth-order valence-electron chi connectivity index (χ4n) is 0.873. The number of aryl methyl sites for hydroxylation is 1. The van der Waals surface area contributed by atoms with Crippen LogP contribution in [0.15, 0.2) is 10.6 Å². The van der Waals surface area contributed by atoms with Gasteiger partial charge in [-0.15, -0.1) is 0 Å². The maximum absolute atomic E-state index is 11.1. The van der Waals surface area contributed by atoms with Gasteiger partial charge in [0.15, 0.2) is 5.76 Å². The van der Waals surface area contributed by atoms with Crippen molar-refractivity contribution in [3.63, 3.8) is 0 Å². The molecule has 2 N–H and O–H groups in total. The van der Waals surface area contributed by atoms with Crippen LogP contribution in [0.4, 0.5) is 0 Å². The molecule has 0 saturated heterocycles. The van der Waals surface area contributed by atoms with E-state index < -0.39 is 16.6 Å². The van der Waals surface area contributed by atoms with E-state index in [1.54, 1.807) is 13.0 Å². The van der Waals surface area contributed by atoms with Gasteiger partial charge in [0.2, 0.25) is 10.0 Å². The molecule has 0 aliphatic carbocycles. The normalized spacial score (nSPS) is 11.9. The monoisotopic (exact) mass is 220 g/mol. The molecule has 0 aliphatic heterocycles. The molecule has 0 aliphatic rings. The van der Waals surface area contributed by atoms with E-state index in [-0.39, 0.29) is 12.3 Å². The number of aromatic nitrogens is 1. The van der Waals surface area contributed by atoms with Crippen LogP contribution in [0.2, 0.25) is 0 Å². The van der Waals surface area contributed by atoms with Crippen LogP contribution in [-0.4, -0.2) is 31.0 Å². The summed E-state index contributed by atoms with van der Waals surface area (Å²) in [4.78, 5) is 0. The summed E-state index contributed by atoms with van der Waals surface area (Å²) in [5, 5.41) is 12.1. The Labute approximate surface area is 82.0 Å². The van der Waals surface area contributed by atoms with Crippen molar-refractivity contribution in [2.75, 3.05) is 12.4 Å². The number of nitrogens with zero attached hydrogens (tertiary/aromatic N) is 1. The molecule has 0 saturated carbocycles. The Kier molecular flexibility index (Phi) is 3.62. The number of hydrogen-bond acceptors (Lipinski definition) is 5. The van der Waals surface area contributed by atoms with Gasteiger partial charge in [-0.05, 0) is 6.92 Å². The summed E-state index contributed by atoms with van der Waals surface area (Å²) in [6.45, 7) is 1.41. The first-order valence-corrected chi connectivity index (χ1v) is 5.69. The highest BCUT2D eigenvalue weighted by molar-refractivity contribution is 7.89. The topological polar surface area (TPSA) is 92.4 Å². The van der Waals surface area contributed by atoms with Crippen LogP contribution in [0.1, 0.15) is 11.5 Å². The van der Waals surface area contributed by atoms with Crippen molar-refractivity contribution in [1.29, 1.82) is 0 Å². The molecule has 6 nitrogen and oxygen atoms in total. The molecule has 0 aromatic carbocycles. The molecule has 7 heteroatoms. The lowest BCUT2D eigenvalue weighted by molar-refractivity contribution is 0.318. The third-order valence-corrected chi connectivity index (χ3v) is 2.81. The second kappa shape index (κ2) is 4.54. The van der Waals surface area contributed by atoms with Gasteiger partial charge in [0.25, 0.3) is 0 Å². The minimum absolute atomic E-state index is 0.0587. The fraction of sp³-hybridized carbons (Fsp3) is 0.571. The molecule has 0 fully saturated rings. The van der Waals surface area contributed by atoms with Crippen molar-refractivity contribution in [1.82, 2.24) is 9.88 Å². The second-order valence-electron chi connectivity index (χ2n) is 2.80. The third kappa shape index (κ3) is 3.44.